The number of carbonyl (C=O) groups excluding carboxylic acids is 1. The molecule has 0 spiro atoms. The Morgan fingerprint density at radius 1 is 1.23 bits per heavy atom. The van der Waals surface area contributed by atoms with Gasteiger partial charge in [0.1, 0.15) is 6.33 Å². The Labute approximate surface area is 178 Å². The third kappa shape index (κ3) is 4.82. The summed E-state index contributed by atoms with van der Waals surface area (Å²) in [6, 6.07) is 2.56. The van der Waals surface area contributed by atoms with E-state index in [4.69, 9.17) is 0 Å². The molecule has 0 aliphatic carbocycles. The summed E-state index contributed by atoms with van der Waals surface area (Å²) in [5.41, 5.74) is 0.188. The molecule has 0 bridgehead atoms. The van der Waals surface area contributed by atoms with Crippen LogP contribution >= 0.6 is 11.8 Å². The summed E-state index contributed by atoms with van der Waals surface area (Å²) in [6.45, 7) is 2.25. The van der Waals surface area contributed by atoms with Crippen molar-refractivity contribution in [3.63, 3.8) is 0 Å². The number of rotatable bonds is 8. The molecule has 3 aromatic heterocycles. The molecule has 0 N–H and O–H groups in total. The van der Waals surface area contributed by atoms with E-state index in [1.807, 2.05) is 13.2 Å². The second-order valence-electron chi connectivity index (χ2n) is 6.43. The predicted octanol–water partition coefficient (Wildman–Crippen LogP) is 1.42. The maximum atomic E-state index is 13.3. The first-order valence-electron chi connectivity index (χ1n) is 8.95. The van der Waals surface area contributed by atoms with Gasteiger partial charge in [0.25, 0.3) is 11.9 Å². The molecule has 0 fully saturated rings. The highest BCUT2D eigenvalue weighted by Crippen LogP contribution is 2.23. The van der Waals surface area contributed by atoms with E-state index in [1.165, 1.54) is 29.5 Å². The quantitative estimate of drug-likeness (QED) is 0.504. The number of hydrogen-bond donors (Lipinski definition) is 0. The van der Waals surface area contributed by atoms with Gasteiger partial charge in [0.15, 0.2) is 15.7 Å². The average Bonchev–Trinajstić information content (AvgIpc) is 3.24. The first-order valence-corrected chi connectivity index (χ1v) is 12.2. The second-order valence-corrected chi connectivity index (χ2v) is 9.43. The van der Waals surface area contributed by atoms with Crippen LogP contribution < -0.4 is 0 Å². The molecule has 1 unspecified atom stereocenters. The van der Waals surface area contributed by atoms with Crippen LogP contribution in [0.4, 0.5) is 0 Å². The van der Waals surface area contributed by atoms with Gasteiger partial charge >= 0.3 is 0 Å². The zero-order valence-electron chi connectivity index (χ0n) is 16.7. The molecular formula is C18H21N7O3S2. The molecule has 3 rings (SSSR count). The monoisotopic (exact) mass is 447 g/mol. The molecule has 0 saturated heterocycles. The van der Waals surface area contributed by atoms with E-state index in [0.717, 1.165) is 6.26 Å². The molecule has 0 aliphatic heterocycles. The standard InChI is InChI=1S/C18H21N7O3S2/c1-13(16-22-12-23-25(16)18-20-5-4-6-21-18)24(7-8-29-2)17(26)14-9-15(11-19-10-14)30(3,27)28/h4-6,9-13H,7-8H2,1-3H3. The number of hydrogen-bond acceptors (Lipinski definition) is 9. The lowest BCUT2D eigenvalue weighted by molar-refractivity contribution is 0.0694. The number of thioether (sulfide) groups is 1. The molecule has 30 heavy (non-hydrogen) atoms. The zero-order chi connectivity index (χ0) is 21.7. The van der Waals surface area contributed by atoms with Crippen molar-refractivity contribution < 1.29 is 13.2 Å². The normalized spacial score (nSPS) is 12.5. The minimum atomic E-state index is -3.49. The summed E-state index contributed by atoms with van der Waals surface area (Å²) < 4.78 is 25.2. The third-order valence-corrected chi connectivity index (χ3v) is 6.01. The Hall–Kier alpha value is -2.86. The van der Waals surface area contributed by atoms with Gasteiger partial charge in [-0.15, -0.1) is 0 Å². The molecule has 3 aromatic rings. The first-order chi connectivity index (χ1) is 14.3. The lowest BCUT2D eigenvalue weighted by atomic mass is 10.2. The van der Waals surface area contributed by atoms with Crippen molar-refractivity contribution in [3.05, 3.63) is 54.6 Å². The lowest BCUT2D eigenvalue weighted by Gasteiger charge is -2.28. The van der Waals surface area contributed by atoms with Gasteiger partial charge in [-0.05, 0) is 25.3 Å². The molecular weight excluding hydrogens is 426 g/mol. The summed E-state index contributed by atoms with van der Waals surface area (Å²) in [6.07, 6.45) is 10.2. The number of sulfone groups is 1. The van der Waals surface area contributed by atoms with Crippen molar-refractivity contribution in [1.82, 2.24) is 34.6 Å². The van der Waals surface area contributed by atoms with E-state index in [2.05, 4.69) is 25.0 Å². The maximum Gasteiger partial charge on any atom is 0.256 e. The van der Waals surface area contributed by atoms with Crippen LogP contribution in [0, 0.1) is 0 Å². The smallest absolute Gasteiger partial charge is 0.256 e. The van der Waals surface area contributed by atoms with Crippen molar-refractivity contribution in [2.75, 3.05) is 24.8 Å². The van der Waals surface area contributed by atoms with Gasteiger partial charge in [0, 0.05) is 43.3 Å². The summed E-state index contributed by atoms with van der Waals surface area (Å²) in [7, 11) is -3.49. The van der Waals surface area contributed by atoms with Crippen molar-refractivity contribution in [3.8, 4) is 5.95 Å². The molecule has 0 aromatic carbocycles. The van der Waals surface area contributed by atoms with E-state index in [0.29, 0.717) is 24.1 Å². The molecule has 158 valence electrons. The molecule has 0 radical (unpaired) electrons. The Bertz CT molecular complexity index is 1120. The summed E-state index contributed by atoms with van der Waals surface area (Å²) in [4.78, 5) is 31.5. The number of nitrogens with zero attached hydrogens (tertiary/aromatic N) is 7. The predicted molar refractivity (Wildman–Crippen MR) is 112 cm³/mol. The zero-order valence-corrected chi connectivity index (χ0v) is 18.3. The topological polar surface area (TPSA) is 124 Å². The lowest BCUT2D eigenvalue weighted by Crippen LogP contribution is -2.37. The molecule has 0 saturated carbocycles. The van der Waals surface area contributed by atoms with Gasteiger partial charge in [0.2, 0.25) is 0 Å². The highest BCUT2D eigenvalue weighted by atomic mass is 32.2. The number of amides is 1. The van der Waals surface area contributed by atoms with E-state index < -0.39 is 15.9 Å². The molecule has 3 heterocycles. The minimum absolute atomic E-state index is 0.00771. The fraction of sp³-hybridized carbons (Fsp3) is 0.333. The highest BCUT2D eigenvalue weighted by Gasteiger charge is 2.28. The summed E-state index contributed by atoms with van der Waals surface area (Å²) >= 11 is 1.59. The largest absolute Gasteiger partial charge is 0.328 e. The van der Waals surface area contributed by atoms with Crippen molar-refractivity contribution in [2.45, 2.75) is 17.9 Å². The molecule has 10 nitrogen and oxygen atoms in total. The number of aromatic nitrogens is 6. The Balaban J connectivity index is 1.97. The van der Waals surface area contributed by atoms with Crippen molar-refractivity contribution in [1.29, 1.82) is 0 Å². The second kappa shape index (κ2) is 9.30. The first kappa shape index (κ1) is 21.8. The van der Waals surface area contributed by atoms with E-state index in [-0.39, 0.29) is 16.4 Å². The highest BCUT2D eigenvalue weighted by molar-refractivity contribution is 7.98. The van der Waals surface area contributed by atoms with Crippen LogP contribution in [-0.2, 0) is 9.84 Å². The van der Waals surface area contributed by atoms with Crippen LogP contribution in [0.15, 0.2) is 48.1 Å². The van der Waals surface area contributed by atoms with Crippen molar-refractivity contribution in [2.24, 2.45) is 0 Å². The van der Waals surface area contributed by atoms with Crippen LogP contribution in [0.2, 0.25) is 0 Å². The summed E-state index contributed by atoms with van der Waals surface area (Å²) in [5, 5.41) is 4.19. The van der Waals surface area contributed by atoms with Gasteiger partial charge in [-0.2, -0.15) is 21.5 Å². The van der Waals surface area contributed by atoms with E-state index in [1.54, 1.807) is 35.1 Å². The molecule has 0 aliphatic rings. The average molecular weight is 448 g/mol. The van der Waals surface area contributed by atoms with Crippen LogP contribution in [0.25, 0.3) is 5.95 Å². The molecule has 1 atom stereocenters. The van der Waals surface area contributed by atoms with Crippen LogP contribution in [-0.4, -0.2) is 73.8 Å². The van der Waals surface area contributed by atoms with Gasteiger partial charge < -0.3 is 4.90 Å². The van der Waals surface area contributed by atoms with E-state index in [9.17, 15) is 13.2 Å². The molecule has 12 heteroatoms. The van der Waals surface area contributed by atoms with Crippen LogP contribution in [0.1, 0.15) is 29.1 Å². The Kier molecular flexibility index (Phi) is 6.77. The van der Waals surface area contributed by atoms with E-state index >= 15 is 0 Å². The minimum Gasteiger partial charge on any atom is -0.328 e. The third-order valence-electron chi connectivity index (χ3n) is 4.34. The Morgan fingerprint density at radius 3 is 2.63 bits per heavy atom. The van der Waals surface area contributed by atoms with Gasteiger partial charge in [-0.3, -0.25) is 9.78 Å². The van der Waals surface area contributed by atoms with Crippen LogP contribution in [0.3, 0.4) is 0 Å². The SMILES string of the molecule is CSCCN(C(=O)c1cncc(S(C)(=O)=O)c1)C(C)c1ncnn1-c1ncccn1. The fourth-order valence-corrected chi connectivity index (χ4v) is 3.77. The summed E-state index contributed by atoms with van der Waals surface area (Å²) in [5.74, 6) is 1.17. The maximum absolute atomic E-state index is 13.3. The fourth-order valence-electron chi connectivity index (χ4n) is 2.79. The van der Waals surface area contributed by atoms with Gasteiger partial charge in [0.05, 0.1) is 16.5 Å². The van der Waals surface area contributed by atoms with Crippen molar-refractivity contribution >= 4 is 27.5 Å². The van der Waals surface area contributed by atoms with Gasteiger partial charge in [-0.1, -0.05) is 0 Å². The molecule has 1 amide bonds. The Morgan fingerprint density at radius 2 is 1.97 bits per heavy atom. The number of carbonyl (C=O) groups is 1. The van der Waals surface area contributed by atoms with Crippen LogP contribution in [0.5, 0.6) is 0 Å². The van der Waals surface area contributed by atoms with Gasteiger partial charge in [-0.25, -0.2) is 23.4 Å². The number of pyridine rings is 1.